The number of rotatable bonds is 4. The fourth-order valence-corrected chi connectivity index (χ4v) is 4.72. The second-order valence-corrected chi connectivity index (χ2v) is 7.69. The standard InChI is InChI=1S/C16H23N3O2S/c20-16(19-4-1-2-5-19)7-12-11-21-14-9-18(8-13(12)14)10-15-17-3-6-22-15/h3,6,12-14H,1-2,4-5,7-11H2/t12-,13-,14-/m1/s1. The van der Waals surface area contributed by atoms with Gasteiger partial charge in [0.25, 0.3) is 0 Å². The highest BCUT2D eigenvalue weighted by Crippen LogP contribution is 2.36. The van der Waals surface area contributed by atoms with Gasteiger partial charge in [0.05, 0.1) is 19.3 Å². The van der Waals surface area contributed by atoms with Crippen molar-refractivity contribution >= 4 is 17.2 Å². The van der Waals surface area contributed by atoms with Gasteiger partial charge >= 0.3 is 0 Å². The highest BCUT2D eigenvalue weighted by atomic mass is 32.1. The highest BCUT2D eigenvalue weighted by Gasteiger charge is 2.44. The Hall–Kier alpha value is -0.980. The van der Waals surface area contributed by atoms with Crippen molar-refractivity contribution < 1.29 is 9.53 Å². The Bertz CT molecular complexity index is 515. The Kier molecular flexibility index (Phi) is 4.15. The van der Waals surface area contributed by atoms with Crippen LogP contribution in [0.2, 0.25) is 0 Å². The number of hydrogen-bond acceptors (Lipinski definition) is 5. The molecule has 3 fully saturated rings. The molecular formula is C16H23N3O2S. The molecule has 0 radical (unpaired) electrons. The van der Waals surface area contributed by atoms with Crippen LogP contribution in [0.4, 0.5) is 0 Å². The summed E-state index contributed by atoms with van der Waals surface area (Å²) in [6.45, 7) is 5.62. The van der Waals surface area contributed by atoms with Gasteiger partial charge in [0, 0.05) is 50.1 Å². The maximum Gasteiger partial charge on any atom is 0.222 e. The van der Waals surface area contributed by atoms with Gasteiger partial charge in [-0.1, -0.05) is 0 Å². The molecule has 0 unspecified atom stereocenters. The molecule has 5 nitrogen and oxygen atoms in total. The molecule has 0 spiro atoms. The molecule has 1 aromatic heterocycles. The molecular weight excluding hydrogens is 298 g/mol. The second-order valence-electron chi connectivity index (χ2n) is 6.71. The first-order valence-corrected chi connectivity index (χ1v) is 9.17. The summed E-state index contributed by atoms with van der Waals surface area (Å²) < 4.78 is 5.97. The summed E-state index contributed by atoms with van der Waals surface area (Å²) in [4.78, 5) is 21.2. The number of carbonyl (C=O) groups excluding carboxylic acids is 1. The first kappa shape index (κ1) is 14.6. The van der Waals surface area contributed by atoms with Crippen LogP contribution < -0.4 is 0 Å². The van der Waals surface area contributed by atoms with Crippen LogP contribution in [-0.4, -0.2) is 59.6 Å². The van der Waals surface area contributed by atoms with Crippen LogP contribution in [0.1, 0.15) is 24.3 Å². The molecule has 1 amide bonds. The fourth-order valence-electron chi connectivity index (χ4n) is 4.06. The number of likely N-dealkylation sites (tertiary alicyclic amines) is 2. The topological polar surface area (TPSA) is 45.7 Å². The number of amides is 1. The van der Waals surface area contributed by atoms with E-state index in [0.717, 1.165) is 39.3 Å². The van der Waals surface area contributed by atoms with Gasteiger partial charge in [-0.25, -0.2) is 4.98 Å². The zero-order chi connectivity index (χ0) is 14.9. The molecule has 4 rings (SSSR count). The first-order valence-electron chi connectivity index (χ1n) is 8.29. The minimum Gasteiger partial charge on any atom is -0.376 e. The lowest BCUT2D eigenvalue weighted by atomic mass is 9.90. The summed E-state index contributed by atoms with van der Waals surface area (Å²) in [6.07, 6.45) is 5.19. The van der Waals surface area contributed by atoms with Crippen molar-refractivity contribution in [3.63, 3.8) is 0 Å². The van der Waals surface area contributed by atoms with Crippen LogP contribution in [0.3, 0.4) is 0 Å². The summed E-state index contributed by atoms with van der Waals surface area (Å²) in [6, 6.07) is 0. The SMILES string of the molecule is O=C(C[C@@H]1CO[C@@H]2CN(Cc3nccs3)C[C@H]12)N1CCCC1. The maximum absolute atomic E-state index is 12.4. The Morgan fingerprint density at radius 3 is 3.00 bits per heavy atom. The minimum absolute atomic E-state index is 0.316. The summed E-state index contributed by atoms with van der Waals surface area (Å²) in [5.74, 6) is 1.26. The average molecular weight is 321 g/mol. The summed E-state index contributed by atoms with van der Waals surface area (Å²) >= 11 is 1.71. The van der Waals surface area contributed by atoms with Crippen LogP contribution in [0.15, 0.2) is 11.6 Å². The van der Waals surface area contributed by atoms with E-state index in [4.69, 9.17) is 4.74 Å². The van der Waals surface area contributed by atoms with Crippen LogP contribution in [0.25, 0.3) is 0 Å². The monoisotopic (exact) mass is 321 g/mol. The van der Waals surface area contributed by atoms with Crippen molar-refractivity contribution in [2.45, 2.75) is 31.9 Å². The van der Waals surface area contributed by atoms with Gasteiger partial charge in [-0.15, -0.1) is 11.3 Å². The van der Waals surface area contributed by atoms with E-state index in [0.29, 0.717) is 30.3 Å². The zero-order valence-electron chi connectivity index (χ0n) is 12.8. The molecule has 0 saturated carbocycles. The number of nitrogens with zero attached hydrogens (tertiary/aromatic N) is 3. The van der Waals surface area contributed by atoms with Gasteiger partial charge in [0.1, 0.15) is 5.01 Å². The van der Waals surface area contributed by atoms with Crippen LogP contribution in [0, 0.1) is 11.8 Å². The smallest absolute Gasteiger partial charge is 0.222 e. The Balaban J connectivity index is 1.33. The van der Waals surface area contributed by atoms with Gasteiger partial charge in [0.15, 0.2) is 0 Å². The molecule has 3 aliphatic heterocycles. The molecule has 0 N–H and O–H groups in total. The number of carbonyl (C=O) groups is 1. The third-order valence-corrected chi connectivity index (χ3v) is 6.02. The van der Waals surface area contributed by atoms with E-state index in [-0.39, 0.29) is 0 Å². The number of thiazole rings is 1. The van der Waals surface area contributed by atoms with Crippen molar-refractivity contribution in [2.24, 2.45) is 11.8 Å². The van der Waals surface area contributed by atoms with Gasteiger partial charge in [0.2, 0.25) is 5.91 Å². The van der Waals surface area contributed by atoms with Crippen LogP contribution in [-0.2, 0) is 16.1 Å². The highest BCUT2D eigenvalue weighted by molar-refractivity contribution is 7.09. The predicted octanol–water partition coefficient (Wildman–Crippen LogP) is 1.60. The van der Waals surface area contributed by atoms with Crippen LogP contribution in [0.5, 0.6) is 0 Å². The van der Waals surface area contributed by atoms with E-state index in [9.17, 15) is 4.79 Å². The quantitative estimate of drug-likeness (QED) is 0.845. The van der Waals surface area contributed by atoms with E-state index in [1.54, 1.807) is 11.3 Å². The molecule has 1 aromatic rings. The Morgan fingerprint density at radius 1 is 1.36 bits per heavy atom. The van der Waals surface area contributed by atoms with E-state index < -0.39 is 0 Å². The molecule has 3 aliphatic rings. The third-order valence-electron chi connectivity index (χ3n) is 5.25. The lowest BCUT2D eigenvalue weighted by Gasteiger charge is -2.21. The average Bonchev–Trinajstić information content (AvgIpc) is 3.24. The summed E-state index contributed by atoms with van der Waals surface area (Å²) in [5, 5.41) is 3.20. The second kappa shape index (κ2) is 6.26. The van der Waals surface area contributed by atoms with Gasteiger partial charge < -0.3 is 9.64 Å². The summed E-state index contributed by atoms with van der Waals surface area (Å²) in [7, 11) is 0. The van der Waals surface area contributed by atoms with Crippen molar-refractivity contribution in [3.8, 4) is 0 Å². The van der Waals surface area contributed by atoms with Crippen molar-refractivity contribution in [1.82, 2.24) is 14.8 Å². The number of fused-ring (bicyclic) bond motifs is 1. The van der Waals surface area contributed by atoms with E-state index in [2.05, 4.69) is 9.88 Å². The molecule has 22 heavy (non-hydrogen) atoms. The third kappa shape index (κ3) is 2.92. The number of aromatic nitrogens is 1. The van der Waals surface area contributed by atoms with Crippen molar-refractivity contribution in [3.05, 3.63) is 16.6 Å². The fraction of sp³-hybridized carbons (Fsp3) is 0.750. The van der Waals surface area contributed by atoms with Gasteiger partial charge in [-0.05, 0) is 18.8 Å². The summed E-state index contributed by atoms with van der Waals surface area (Å²) in [5.41, 5.74) is 0. The normalized spacial score (nSPS) is 31.8. The number of ether oxygens (including phenoxy) is 1. The van der Waals surface area contributed by atoms with Gasteiger partial charge in [-0.3, -0.25) is 9.69 Å². The molecule has 120 valence electrons. The lowest BCUT2D eigenvalue weighted by Crippen LogP contribution is -2.32. The predicted molar refractivity (Wildman–Crippen MR) is 84.5 cm³/mol. The molecule has 4 heterocycles. The molecule has 3 atom stereocenters. The molecule has 0 aliphatic carbocycles. The maximum atomic E-state index is 12.4. The largest absolute Gasteiger partial charge is 0.376 e. The molecule has 0 aromatic carbocycles. The van der Waals surface area contributed by atoms with Crippen LogP contribution >= 0.6 is 11.3 Å². The molecule has 0 bridgehead atoms. The first-order chi connectivity index (χ1) is 10.8. The minimum atomic E-state index is 0.316. The van der Waals surface area contributed by atoms with Crippen molar-refractivity contribution in [2.75, 3.05) is 32.8 Å². The van der Waals surface area contributed by atoms with E-state index in [1.165, 1.54) is 17.8 Å². The van der Waals surface area contributed by atoms with E-state index >= 15 is 0 Å². The zero-order valence-corrected chi connectivity index (χ0v) is 13.6. The lowest BCUT2D eigenvalue weighted by molar-refractivity contribution is -0.131. The molecule has 6 heteroatoms. The Morgan fingerprint density at radius 2 is 2.23 bits per heavy atom. The molecule has 3 saturated heterocycles. The number of hydrogen-bond donors (Lipinski definition) is 0. The Labute approximate surface area is 135 Å². The van der Waals surface area contributed by atoms with Gasteiger partial charge in [-0.2, -0.15) is 0 Å². The van der Waals surface area contributed by atoms with E-state index in [1.807, 2.05) is 16.5 Å². The van der Waals surface area contributed by atoms with Crippen molar-refractivity contribution in [1.29, 1.82) is 0 Å².